The van der Waals surface area contributed by atoms with Gasteiger partial charge in [0, 0.05) is 18.1 Å². The summed E-state index contributed by atoms with van der Waals surface area (Å²) in [6.45, 7) is 0.310. The van der Waals surface area contributed by atoms with Gasteiger partial charge in [-0.1, -0.05) is 12.1 Å². The number of carbonyl (C=O) groups excluding carboxylic acids is 1. The molecule has 0 unspecified atom stereocenters. The predicted molar refractivity (Wildman–Crippen MR) is 73.6 cm³/mol. The largest absolute Gasteiger partial charge is 0.491 e. The van der Waals surface area contributed by atoms with E-state index in [2.05, 4.69) is 10.3 Å². The van der Waals surface area contributed by atoms with Crippen LogP contribution in [-0.2, 0) is 0 Å². The molecular formula is C15H12F2N2O3. The van der Waals surface area contributed by atoms with Gasteiger partial charge in [-0.25, -0.2) is 13.8 Å². The number of nitrogens with zero attached hydrogens (tertiary/aromatic N) is 1. The second-order valence-electron chi connectivity index (χ2n) is 4.81. The number of ether oxygens (including phenoxy) is 1. The summed E-state index contributed by atoms with van der Waals surface area (Å²) in [6, 6.07) is 5.48. The Balaban J connectivity index is 1.90. The van der Waals surface area contributed by atoms with Crippen molar-refractivity contribution in [3.05, 3.63) is 53.4 Å². The molecule has 0 bridgehead atoms. The quantitative estimate of drug-likeness (QED) is 0.894. The summed E-state index contributed by atoms with van der Waals surface area (Å²) in [5.41, 5.74) is 0.332. The number of fused-ring (bicyclic) bond motifs is 1. The lowest BCUT2D eigenvalue weighted by molar-refractivity contribution is 0.101. The second kappa shape index (κ2) is 5.69. The number of aromatic nitrogens is 1. The van der Waals surface area contributed by atoms with Crippen LogP contribution >= 0.6 is 0 Å². The van der Waals surface area contributed by atoms with Crippen molar-refractivity contribution in [2.45, 2.75) is 12.5 Å². The van der Waals surface area contributed by atoms with Gasteiger partial charge in [0.1, 0.15) is 11.6 Å². The van der Waals surface area contributed by atoms with Crippen molar-refractivity contribution in [3.63, 3.8) is 0 Å². The van der Waals surface area contributed by atoms with Gasteiger partial charge in [0.15, 0.2) is 11.5 Å². The Kier molecular flexibility index (Phi) is 3.72. The van der Waals surface area contributed by atoms with Crippen LogP contribution in [0.25, 0.3) is 0 Å². The number of pyridine rings is 1. The van der Waals surface area contributed by atoms with Crippen molar-refractivity contribution in [2.24, 2.45) is 0 Å². The molecule has 1 amide bonds. The average Bonchev–Trinajstić information content (AvgIpc) is 2.48. The van der Waals surface area contributed by atoms with Crippen molar-refractivity contribution in [2.75, 3.05) is 11.9 Å². The van der Waals surface area contributed by atoms with E-state index in [1.54, 1.807) is 18.2 Å². The first kappa shape index (κ1) is 14.4. The highest BCUT2D eigenvalue weighted by atomic mass is 19.1. The number of aliphatic hydroxyl groups is 1. The van der Waals surface area contributed by atoms with E-state index in [0.29, 0.717) is 36.1 Å². The fourth-order valence-electron chi connectivity index (χ4n) is 2.27. The monoisotopic (exact) mass is 306 g/mol. The Morgan fingerprint density at radius 3 is 3.00 bits per heavy atom. The maximum absolute atomic E-state index is 13.6. The molecule has 1 aromatic heterocycles. The van der Waals surface area contributed by atoms with E-state index in [1.165, 1.54) is 0 Å². The van der Waals surface area contributed by atoms with Crippen LogP contribution < -0.4 is 10.1 Å². The highest BCUT2D eigenvalue weighted by molar-refractivity contribution is 6.04. The Bertz CT molecular complexity index is 737. The number of hydrogen-bond acceptors (Lipinski definition) is 4. The van der Waals surface area contributed by atoms with Gasteiger partial charge in [0.2, 0.25) is 0 Å². The summed E-state index contributed by atoms with van der Waals surface area (Å²) < 4.78 is 31.9. The SMILES string of the molecule is O=C(Nc1cccc2c1OCC[C@H]2O)c1ncc(F)cc1F. The number of benzene rings is 1. The molecule has 5 nitrogen and oxygen atoms in total. The Labute approximate surface area is 124 Å². The Morgan fingerprint density at radius 1 is 1.41 bits per heavy atom. The molecule has 7 heteroatoms. The molecule has 0 saturated carbocycles. The third-order valence-corrected chi connectivity index (χ3v) is 3.31. The molecule has 2 heterocycles. The van der Waals surface area contributed by atoms with Gasteiger partial charge in [-0.2, -0.15) is 0 Å². The molecule has 0 fully saturated rings. The van der Waals surface area contributed by atoms with Crippen LogP contribution in [-0.4, -0.2) is 22.6 Å². The van der Waals surface area contributed by atoms with Crippen LogP contribution in [0.5, 0.6) is 5.75 Å². The fourth-order valence-corrected chi connectivity index (χ4v) is 2.27. The summed E-state index contributed by atoms with van der Waals surface area (Å²) in [5, 5.41) is 12.4. The van der Waals surface area contributed by atoms with Gasteiger partial charge in [-0.05, 0) is 6.07 Å². The number of amides is 1. The molecule has 1 atom stereocenters. The maximum Gasteiger partial charge on any atom is 0.277 e. The number of para-hydroxylation sites is 1. The normalized spacial score (nSPS) is 16.6. The zero-order valence-electron chi connectivity index (χ0n) is 11.3. The minimum atomic E-state index is -1.05. The highest BCUT2D eigenvalue weighted by Gasteiger charge is 2.23. The molecule has 2 aromatic rings. The van der Waals surface area contributed by atoms with Crippen LogP contribution in [0.2, 0.25) is 0 Å². The molecule has 114 valence electrons. The first-order chi connectivity index (χ1) is 10.6. The van der Waals surface area contributed by atoms with Crippen molar-refractivity contribution in [3.8, 4) is 5.75 Å². The number of halogens is 2. The fraction of sp³-hybridized carbons (Fsp3) is 0.200. The van der Waals surface area contributed by atoms with Crippen molar-refractivity contribution in [1.82, 2.24) is 4.98 Å². The number of rotatable bonds is 2. The summed E-state index contributed by atoms with van der Waals surface area (Å²) in [5.74, 6) is -2.40. The molecule has 0 radical (unpaired) electrons. The number of hydrogen-bond donors (Lipinski definition) is 2. The first-order valence-corrected chi connectivity index (χ1v) is 6.62. The lowest BCUT2D eigenvalue weighted by atomic mass is 10.0. The highest BCUT2D eigenvalue weighted by Crippen LogP contribution is 2.37. The molecule has 0 spiro atoms. The topological polar surface area (TPSA) is 71.5 Å². The molecule has 0 aliphatic carbocycles. The van der Waals surface area contributed by atoms with Crippen molar-refractivity contribution in [1.29, 1.82) is 0 Å². The Hall–Kier alpha value is -2.54. The molecule has 22 heavy (non-hydrogen) atoms. The molecule has 0 saturated heterocycles. The van der Waals surface area contributed by atoms with Crippen LogP contribution in [0.4, 0.5) is 14.5 Å². The smallest absolute Gasteiger partial charge is 0.277 e. The van der Waals surface area contributed by atoms with Crippen LogP contribution in [0.15, 0.2) is 30.5 Å². The van der Waals surface area contributed by atoms with E-state index < -0.39 is 29.3 Å². The first-order valence-electron chi connectivity index (χ1n) is 6.62. The van der Waals surface area contributed by atoms with Crippen LogP contribution in [0.3, 0.4) is 0 Å². The van der Waals surface area contributed by atoms with Gasteiger partial charge < -0.3 is 15.2 Å². The number of carbonyl (C=O) groups is 1. The second-order valence-corrected chi connectivity index (χ2v) is 4.81. The van der Waals surface area contributed by atoms with Crippen molar-refractivity contribution >= 4 is 11.6 Å². The molecule has 1 aliphatic rings. The summed E-state index contributed by atoms with van der Waals surface area (Å²) >= 11 is 0. The lowest BCUT2D eigenvalue weighted by Gasteiger charge is -2.24. The third kappa shape index (κ3) is 2.62. The summed E-state index contributed by atoms with van der Waals surface area (Å²) in [7, 11) is 0. The van der Waals surface area contributed by atoms with Crippen LogP contribution in [0.1, 0.15) is 28.6 Å². The molecule has 2 N–H and O–H groups in total. The minimum absolute atomic E-state index is 0.298. The van der Waals surface area contributed by atoms with E-state index in [0.717, 1.165) is 6.20 Å². The number of aliphatic hydroxyl groups excluding tert-OH is 1. The molecule has 1 aromatic carbocycles. The zero-order valence-corrected chi connectivity index (χ0v) is 11.3. The van der Waals surface area contributed by atoms with Gasteiger partial charge in [-0.15, -0.1) is 0 Å². The maximum atomic E-state index is 13.6. The van der Waals surface area contributed by atoms with Crippen molar-refractivity contribution < 1.29 is 23.4 Å². The van der Waals surface area contributed by atoms with Gasteiger partial charge >= 0.3 is 0 Å². The molecular weight excluding hydrogens is 294 g/mol. The zero-order chi connectivity index (χ0) is 15.7. The third-order valence-electron chi connectivity index (χ3n) is 3.31. The van der Waals surface area contributed by atoms with E-state index in [-0.39, 0.29) is 0 Å². The summed E-state index contributed by atoms with van der Waals surface area (Å²) in [6.07, 6.45) is 0.540. The average molecular weight is 306 g/mol. The van der Waals surface area contributed by atoms with E-state index in [9.17, 15) is 18.7 Å². The van der Waals surface area contributed by atoms with Gasteiger partial charge in [0.25, 0.3) is 5.91 Å². The van der Waals surface area contributed by atoms with E-state index in [4.69, 9.17) is 4.74 Å². The van der Waals surface area contributed by atoms with Gasteiger partial charge in [-0.3, -0.25) is 4.79 Å². The lowest BCUT2D eigenvalue weighted by Crippen LogP contribution is -2.19. The predicted octanol–water partition coefficient (Wildman–Crippen LogP) is 2.43. The number of anilines is 1. The summed E-state index contributed by atoms with van der Waals surface area (Å²) in [4.78, 5) is 15.5. The Morgan fingerprint density at radius 2 is 2.23 bits per heavy atom. The minimum Gasteiger partial charge on any atom is -0.491 e. The van der Waals surface area contributed by atoms with E-state index >= 15 is 0 Å². The molecule has 1 aliphatic heterocycles. The van der Waals surface area contributed by atoms with E-state index in [1.807, 2.05) is 0 Å². The van der Waals surface area contributed by atoms with Gasteiger partial charge in [0.05, 0.1) is 24.6 Å². The number of nitrogens with one attached hydrogen (secondary N) is 1. The van der Waals surface area contributed by atoms with Crippen LogP contribution in [0, 0.1) is 11.6 Å². The standard InChI is InChI=1S/C15H12F2N2O3/c16-8-6-10(17)13(18-7-8)15(21)19-11-3-1-2-9-12(20)4-5-22-14(9)11/h1-3,6-7,12,20H,4-5H2,(H,19,21)/t12-/m1/s1. The molecule has 3 rings (SSSR count).